The van der Waals surface area contributed by atoms with E-state index in [0.717, 1.165) is 0 Å². The number of carbonyl (C=O) groups excluding carboxylic acids is 2. The Balaban J connectivity index is 2.75. The van der Waals surface area contributed by atoms with Gasteiger partial charge in [0.15, 0.2) is 0 Å². The monoisotopic (exact) mass is 254 g/mol. The molecule has 5 nitrogen and oxygen atoms in total. The first-order chi connectivity index (χ1) is 9.61. The molecule has 0 saturated heterocycles. The molecule has 1 heterocycles. The molecule has 1 rings (SSSR count). The molecule has 2 N–H and O–H groups in total. The SMILES string of the molecule is [2H]C([2H])([2H])N[C@@H](C)C(=O)N[C@H](C(=O)n1cccc1)C(C)C. The van der Waals surface area contributed by atoms with Crippen LogP contribution in [-0.4, -0.2) is 35.4 Å². The fourth-order valence-electron chi connectivity index (χ4n) is 1.50. The Morgan fingerprint density at radius 1 is 1.22 bits per heavy atom. The summed E-state index contributed by atoms with van der Waals surface area (Å²) in [4.78, 5) is 24.3. The number of nitrogens with one attached hydrogen (secondary N) is 2. The molecule has 0 radical (unpaired) electrons. The minimum atomic E-state index is -2.41. The smallest absolute Gasteiger partial charge is 0.253 e. The van der Waals surface area contributed by atoms with E-state index in [2.05, 4.69) is 10.6 Å². The molecule has 5 heteroatoms. The van der Waals surface area contributed by atoms with E-state index in [9.17, 15) is 9.59 Å². The number of hydrogen-bond donors (Lipinski definition) is 2. The highest BCUT2D eigenvalue weighted by molar-refractivity contribution is 5.91. The van der Waals surface area contributed by atoms with E-state index in [1.165, 1.54) is 11.5 Å². The average Bonchev–Trinajstić information content (AvgIpc) is 2.85. The summed E-state index contributed by atoms with van der Waals surface area (Å²) >= 11 is 0. The lowest BCUT2D eigenvalue weighted by Gasteiger charge is -2.23. The molecule has 0 aliphatic rings. The highest BCUT2D eigenvalue weighted by Gasteiger charge is 2.26. The average molecular weight is 254 g/mol. The number of carbonyl (C=O) groups is 2. The van der Waals surface area contributed by atoms with Gasteiger partial charge in [0, 0.05) is 16.5 Å². The van der Waals surface area contributed by atoms with Crippen molar-refractivity contribution in [1.82, 2.24) is 15.2 Å². The van der Waals surface area contributed by atoms with Gasteiger partial charge in [-0.05, 0) is 32.0 Å². The van der Waals surface area contributed by atoms with Crippen molar-refractivity contribution in [3.8, 4) is 0 Å². The van der Waals surface area contributed by atoms with Crippen LogP contribution in [0.1, 0.15) is 29.7 Å². The van der Waals surface area contributed by atoms with Crippen LogP contribution in [0.5, 0.6) is 0 Å². The number of rotatable bonds is 5. The first-order valence-corrected chi connectivity index (χ1v) is 5.87. The molecule has 0 fully saturated rings. The fourth-order valence-corrected chi connectivity index (χ4v) is 1.50. The van der Waals surface area contributed by atoms with Gasteiger partial charge in [-0.2, -0.15) is 0 Å². The second kappa shape index (κ2) is 6.35. The molecule has 100 valence electrons. The van der Waals surface area contributed by atoms with Crippen molar-refractivity contribution in [2.45, 2.75) is 32.9 Å². The molecular formula is C13H21N3O2. The Hall–Kier alpha value is -1.62. The highest BCUT2D eigenvalue weighted by atomic mass is 16.2. The van der Waals surface area contributed by atoms with Gasteiger partial charge in [-0.15, -0.1) is 0 Å². The van der Waals surface area contributed by atoms with Crippen molar-refractivity contribution in [2.75, 3.05) is 6.98 Å². The topological polar surface area (TPSA) is 63.1 Å². The molecule has 2 atom stereocenters. The maximum absolute atomic E-state index is 12.3. The molecule has 1 aromatic rings. The molecule has 1 aromatic heterocycles. The number of hydrogen-bond acceptors (Lipinski definition) is 3. The summed E-state index contributed by atoms with van der Waals surface area (Å²) in [6.45, 7) is 2.66. The van der Waals surface area contributed by atoms with E-state index in [0.29, 0.717) is 0 Å². The Morgan fingerprint density at radius 2 is 1.83 bits per heavy atom. The number of nitrogens with zero attached hydrogens (tertiary/aromatic N) is 1. The van der Waals surface area contributed by atoms with Gasteiger partial charge in [-0.25, -0.2) is 0 Å². The van der Waals surface area contributed by atoms with Crippen LogP contribution in [-0.2, 0) is 4.79 Å². The van der Waals surface area contributed by atoms with Gasteiger partial charge in [0.2, 0.25) is 5.91 Å². The standard InChI is InChI=1S/C13H21N3O2/c1-9(2)11(15-12(17)10(3)14-4)13(18)16-7-5-6-8-16/h5-11,14H,1-4H3,(H,15,17)/t10-,11-/m0/s1/i4D3. The van der Waals surface area contributed by atoms with E-state index in [4.69, 9.17) is 4.11 Å². The second-order valence-corrected chi connectivity index (χ2v) is 4.52. The van der Waals surface area contributed by atoms with Crippen molar-refractivity contribution < 1.29 is 13.7 Å². The summed E-state index contributed by atoms with van der Waals surface area (Å²) in [5.74, 6) is -0.904. The number of aromatic nitrogens is 1. The zero-order valence-electron chi connectivity index (χ0n) is 13.8. The third kappa shape index (κ3) is 3.43. The zero-order chi connectivity index (χ0) is 16.2. The van der Waals surface area contributed by atoms with Crippen LogP contribution in [0.4, 0.5) is 0 Å². The van der Waals surface area contributed by atoms with Crippen molar-refractivity contribution in [3.63, 3.8) is 0 Å². The number of amides is 1. The Labute approximate surface area is 112 Å². The molecule has 0 saturated carbocycles. The Bertz CT molecular complexity index is 483. The van der Waals surface area contributed by atoms with Gasteiger partial charge in [0.1, 0.15) is 6.04 Å². The van der Waals surface area contributed by atoms with E-state index >= 15 is 0 Å². The first kappa shape index (κ1) is 10.3. The van der Waals surface area contributed by atoms with Crippen LogP contribution in [0.15, 0.2) is 24.5 Å². The van der Waals surface area contributed by atoms with E-state index < -0.39 is 25.0 Å². The van der Waals surface area contributed by atoms with Crippen LogP contribution in [0.2, 0.25) is 0 Å². The Morgan fingerprint density at radius 3 is 2.33 bits per heavy atom. The van der Waals surface area contributed by atoms with Crippen LogP contribution in [0.3, 0.4) is 0 Å². The summed E-state index contributed by atoms with van der Waals surface area (Å²) in [6.07, 6.45) is 3.21. The minimum absolute atomic E-state index is 0.121. The lowest BCUT2D eigenvalue weighted by molar-refractivity contribution is -0.123. The lowest BCUT2D eigenvalue weighted by Crippen LogP contribution is -2.51. The van der Waals surface area contributed by atoms with Gasteiger partial charge in [0.05, 0.1) is 6.04 Å². The van der Waals surface area contributed by atoms with Gasteiger partial charge in [-0.3, -0.25) is 14.2 Å². The summed E-state index contributed by atoms with van der Waals surface area (Å²) in [7, 11) is 0. The predicted octanol–water partition coefficient (Wildman–Crippen LogP) is 0.877. The summed E-state index contributed by atoms with van der Waals surface area (Å²) < 4.78 is 22.7. The normalized spacial score (nSPS) is 17.4. The quantitative estimate of drug-likeness (QED) is 0.820. The third-order valence-corrected chi connectivity index (χ3v) is 2.70. The molecule has 0 spiro atoms. The lowest BCUT2D eigenvalue weighted by atomic mass is 10.0. The van der Waals surface area contributed by atoms with E-state index in [-0.39, 0.29) is 11.8 Å². The predicted molar refractivity (Wildman–Crippen MR) is 70.3 cm³/mol. The van der Waals surface area contributed by atoms with Gasteiger partial charge < -0.3 is 10.6 Å². The molecule has 0 aliphatic carbocycles. The van der Waals surface area contributed by atoms with Crippen molar-refractivity contribution >= 4 is 11.8 Å². The summed E-state index contributed by atoms with van der Waals surface area (Å²) in [5.41, 5.74) is 0. The Kier molecular flexibility index (Phi) is 3.64. The molecule has 0 aliphatic heterocycles. The fraction of sp³-hybridized carbons (Fsp3) is 0.538. The van der Waals surface area contributed by atoms with Crippen molar-refractivity contribution in [1.29, 1.82) is 0 Å². The largest absolute Gasteiger partial charge is 0.343 e. The highest BCUT2D eigenvalue weighted by Crippen LogP contribution is 2.06. The molecule has 0 aromatic carbocycles. The van der Waals surface area contributed by atoms with E-state index in [1.54, 1.807) is 24.5 Å². The van der Waals surface area contributed by atoms with Gasteiger partial charge in [-0.1, -0.05) is 13.8 Å². The summed E-state index contributed by atoms with van der Waals surface area (Å²) in [5, 5.41) is 4.81. The molecule has 0 unspecified atom stereocenters. The van der Waals surface area contributed by atoms with Crippen LogP contribution < -0.4 is 10.6 Å². The van der Waals surface area contributed by atoms with Crippen LogP contribution in [0, 0.1) is 5.92 Å². The molecule has 0 bridgehead atoms. The van der Waals surface area contributed by atoms with Gasteiger partial charge >= 0.3 is 0 Å². The van der Waals surface area contributed by atoms with Gasteiger partial charge in [0.25, 0.3) is 5.91 Å². The molecule has 18 heavy (non-hydrogen) atoms. The second-order valence-electron chi connectivity index (χ2n) is 4.52. The summed E-state index contributed by atoms with van der Waals surface area (Å²) in [6, 6.07) is 1.80. The molecule has 1 amide bonds. The number of likely N-dealkylation sites (N-methyl/N-ethyl adjacent to an activating group) is 1. The van der Waals surface area contributed by atoms with E-state index in [1.807, 2.05) is 13.8 Å². The molecular weight excluding hydrogens is 230 g/mol. The van der Waals surface area contributed by atoms with Crippen LogP contribution >= 0.6 is 0 Å². The maximum atomic E-state index is 12.3. The van der Waals surface area contributed by atoms with Crippen molar-refractivity contribution in [3.05, 3.63) is 24.5 Å². The van der Waals surface area contributed by atoms with Crippen molar-refractivity contribution in [2.24, 2.45) is 5.92 Å². The van der Waals surface area contributed by atoms with Crippen LogP contribution in [0.25, 0.3) is 0 Å². The maximum Gasteiger partial charge on any atom is 0.253 e. The third-order valence-electron chi connectivity index (χ3n) is 2.70. The zero-order valence-corrected chi connectivity index (χ0v) is 10.8. The minimum Gasteiger partial charge on any atom is -0.343 e. The first-order valence-electron chi connectivity index (χ1n) is 7.37.